The van der Waals surface area contributed by atoms with Gasteiger partial charge in [0.1, 0.15) is 11.4 Å². The molecule has 0 radical (unpaired) electrons. The highest BCUT2D eigenvalue weighted by Gasteiger charge is 2.27. The number of phenolic OH excluding ortho intramolecular Hbond substituents is 1. The van der Waals surface area contributed by atoms with Crippen LogP contribution in [0.25, 0.3) is 0 Å². The maximum Gasteiger partial charge on any atom is 0.293 e. The lowest BCUT2D eigenvalue weighted by Crippen LogP contribution is -2.46. The van der Waals surface area contributed by atoms with Crippen LogP contribution in [-0.4, -0.2) is 50.7 Å². The quantitative estimate of drug-likeness (QED) is 0.544. The summed E-state index contributed by atoms with van der Waals surface area (Å²) in [5.41, 5.74) is 1.15. The van der Waals surface area contributed by atoms with E-state index in [0.717, 1.165) is 11.8 Å². The number of phenols is 1. The fourth-order valence-electron chi connectivity index (χ4n) is 3.33. The number of nitrogens with zero attached hydrogens (tertiary/aromatic N) is 3. The Morgan fingerprint density at radius 2 is 1.62 bits per heavy atom. The van der Waals surface area contributed by atoms with Gasteiger partial charge in [0.05, 0.1) is 9.82 Å². The summed E-state index contributed by atoms with van der Waals surface area (Å²) in [5, 5.41) is 21.0. The average molecular weight is 420 g/mol. The van der Waals surface area contributed by atoms with E-state index < -0.39 is 14.9 Å². The van der Waals surface area contributed by atoms with Crippen LogP contribution in [0.4, 0.5) is 17.1 Å². The van der Waals surface area contributed by atoms with Gasteiger partial charge in [0, 0.05) is 44.0 Å². The first-order chi connectivity index (χ1) is 13.7. The molecule has 0 aromatic heterocycles. The summed E-state index contributed by atoms with van der Waals surface area (Å²) in [6, 6.07) is 10.6. The smallest absolute Gasteiger partial charge is 0.293 e. The average Bonchev–Trinajstić information content (AvgIpc) is 2.67. The predicted molar refractivity (Wildman–Crippen MR) is 111 cm³/mol. The molecule has 0 aliphatic carbocycles. The molecule has 0 atom stereocenters. The zero-order valence-corrected chi connectivity index (χ0v) is 17.1. The second-order valence-corrected chi connectivity index (χ2v) is 8.89. The predicted octanol–water partition coefficient (Wildman–Crippen LogP) is 2.31. The molecule has 1 saturated heterocycles. The minimum Gasteiger partial charge on any atom is -0.508 e. The molecule has 2 aromatic carbocycles. The molecule has 2 N–H and O–H groups in total. The normalized spacial score (nSPS) is 15.0. The Balaban J connectivity index is 1.80. The Morgan fingerprint density at radius 3 is 2.17 bits per heavy atom. The van der Waals surface area contributed by atoms with Crippen molar-refractivity contribution in [1.82, 2.24) is 4.72 Å². The van der Waals surface area contributed by atoms with Crippen molar-refractivity contribution in [3.8, 4) is 5.75 Å². The van der Waals surface area contributed by atoms with Gasteiger partial charge in [0.2, 0.25) is 10.0 Å². The zero-order valence-electron chi connectivity index (χ0n) is 16.3. The first-order valence-electron chi connectivity index (χ1n) is 9.27. The van der Waals surface area contributed by atoms with Crippen LogP contribution in [0.1, 0.15) is 13.8 Å². The first kappa shape index (κ1) is 20.9. The van der Waals surface area contributed by atoms with E-state index >= 15 is 0 Å². The van der Waals surface area contributed by atoms with Gasteiger partial charge < -0.3 is 14.9 Å². The second kappa shape index (κ2) is 8.26. The van der Waals surface area contributed by atoms with Gasteiger partial charge in [0.25, 0.3) is 5.69 Å². The van der Waals surface area contributed by atoms with Crippen LogP contribution in [0.5, 0.6) is 5.75 Å². The van der Waals surface area contributed by atoms with Crippen LogP contribution >= 0.6 is 0 Å². The minimum atomic E-state index is -3.81. The maximum absolute atomic E-state index is 12.4. The van der Waals surface area contributed by atoms with Crippen LogP contribution < -0.4 is 14.5 Å². The summed E-state index contributed by atoms with van der Waals surface area (Å²) in [6.45, 7) is 5.78. The van der Waals surface area contributed by atoms with Crippen molar-refractivity contribution in [1.29, 1.82) is 0 Å². The Bertz CT molecular complexity index is 984. The van der Waals surface area contributed by atoms with E-state index in [1.165, 1.54) is 12.1 Å². The van der Waals surface area contributed by atoms with Gasteiger partial charge in [-0.3, -0.25) is 10.1 Å². The van der Waals surface area contributed by atoms with Gasteiger partial charge >= 0.3 is 0 Å². The number of hydrogen-bond acceptors (Lipinski definition) is 7. The Hall–Kier alpha value is -2.85. The van der Waals surface area contributed by atoms with Crippen molar-refractivity contribution in [3.05, 3.63) is 52.6 Å². The lowest BCUT2D eigenvalue weighted by molar-refractivity contribution is -0.384. The molecule has 1 heterocycles. The highest BCUT2D eigenvalue weighted by Crippen LogP contribution is 2.32. The molecule has 9 nitrogen and oxygen atoms in total. The molecule has 156 valence electrons. The van der Waals surface area contributed by atoms with Crippen LogP contribution in [0.2, 0.25) is 0 Å². The molecule has 29 heavy (non-hydrogen) atoms. The van der Waals surface area contributed by atoms with Crippen molar-refractivity contribution in [3.63, 3.8) is 0 Å². The van der Waals surface area contributed by atoms with Gasteiger partial charge in [-0.15, -0.1) is 0 Å². The fraction of sp³-hybridized carbons (Fsp3) is 0.368. The number of hydrogen-bond donors (Lipinski definition) is 2. The lowest BCUT2D eigenvalue weighted by Gasteiger charge is -2.37. The standard InChI is InChI=1S/C19H24N4O5S/c1-14(2)20-29(27,28)17-7-8-18(19(13-17)23(25)26)22-11-9-21(10-12-22)15-3-5-16(24)6-4-15/h3-8,13-14,20,24H,9-12H2,1-2H3. The van der Waals surface area contributed by atoms with Gasteiger partial charge in [-0.05, 0) is 50.2 Å². The van der Waals surface area contributed by atoms with Gasteiger partial charge in [-0.1, -0.05) is 0 Å². The van der Waals surface area contributed by atoms with Crippen molar-refractivity contribution >= 4 is 27.1 Å². The van der Waals surface area contributed by atoms with E-state index in [9.17, 15) is 23.6 Å². The van der Waals surface area contributed by atoms with Gasteiger partial charge in [-0.2, -0.15) is 0 Å². The Kier molecular flexibility index (Phi) is 5.94. The third-order valence-electron chi connectivity index (χ3n) is 4.68. The summed E-state index contributed by atoms with van der Waals surface area (Å²) in [5.74, 6) is 0.199. The highest BCUT2D eigenvalue weighted by atomic mass is 32.2. The molecule has 2 aromatic rings. The number of nitrogens with one attached hydrogen (secondary N) is 1. The Morgan fingerprint density at radius 1 is 1.03 bits per heavy atom. The van der Waals surface area contributed by atoms with Crippen LogP contribution in [0, 0.1) is 10.1 Å². The molecule has 1 aliphatic rings. The minimum absolute atomic E-state index is 0.121. The van der Waals surface area contributed by atoms with E-state index in [0.29, 0.717) is 31.9 Å². The fourth-order valence-corrected chi connectivity index (χ4v) is 4.60. The molecule has 1 aliphatic heterocycles. The highest BCUT2D eigenvalue weighted by molar-refractivity contribution is 7.89. The Labute approximate surface area is 169 Å². The maximum atomic E-state index is 12.4. The van der Waals surface area contributed by atoms with E-state index in [-0.39, 0.29) is 22.4 Å². The third kappa shape index (κ3) is 4.77. The van der Waals surface area contributed by atoms with Gasteiger partial charge in [-0.25, -0.2) is 13.1 Å². The summed E-state index contributed by atoms with van der Waals surface area (Å²) >= 11 is 0. The van der Waals surface area contributed by atoms with Crippen LogP contribution in [0.3, 0.4) is 0 Å². The molecular weight excluding hydrogens is 396 g/mol. The summed E-state index contributed by atoms with van der Waals surface area (Å²) in [6.07, 6.45) is 0. The second-order valence-electron chi connectivity index (χ2n) is 7.17. The van der Waals surface area contributed by atoms with Crippen molar-refractivity contribution in [2.45, 2.75) is 24.8 Å². The third-order valence-corrected chi connectivity index (χ3v) is 6.34. The number of rotatable bonds is 6. The number of benzene rings is 2. The number of piperazine rings is 1. The van der Waals surface area contributed by atoms with Gasteiger partial charge in [0.15, 0.2) is 0 Å². The first-order valence-corrected chi connectivity index (χ1v) is 10.8. The van der Waals surface area contributed by atoms with Crippen molar-refractivity contribution < 1.29 is 18.4 Å². The molecular formula is C19H24N4O5S. The molecule has 10 heteroatoms. The molecule has 3 rings (SSSR count). The molecule has 0 unspecified atom stereocenters. The SMILES string of the molecule is CC(C)NS(=O)(=O)c1ccc(N2CCN(c3ccc(O)cc3)CC2)c([N+](=O)[O-])c1. The van der Waals surface area contributed by atoms with E-state index in [1.54, 1.807) is 26.0 Å². The van der Waals surface area contributed by atoms with Crippen LogP contribution in [-0.2, 0) is 10.0 Å². The lowest BCUT2D eigenvalue weighted by atomic mass is 10.2. The molecule has 0 bridgehead atoms. The summed E-state index contributed by atoms with van der Waals surface area (Å²) in [4.78, 5) is 15.0. The van der Waals surface area contributed by atoms with E-state index in [1.807, 2.05) is 17.0 Å². The largest absolute Gasteiger partial charge is 0.508 e. The number of sulfonamides is 1. The number of nitro groups is 1. The number of aromatic hydroxyl groups is 1. The summed E-state index contributed by atoms with van der Waals surface area (Å²) in [7, 11) is -3.81. The number of anilines is 2. The molecule has 0 saturated carbocycles. The molecule has 0 amide bonds. The topological polar surface area (TPSA) is 116 Å². The van der Waals surface area contributed by atoms with Crippen molar-refractivity contribution in [2.24, 2.45) is 0 Å². The van der Waals surface area contributed by atoms with Crippen LogP contribution in [0.15, 0.2) is 47.4 Å². The van der Waals surface area contributed by atoms with E-state index in [4.69, 9.17) is 0 Å². The van der Waals surface area contributed by atoms with E-state index in [2.05, 4.69) is 9.62 Å². The molecule has 1 fully saturated rings. The molecule has 0 spiro atoms. The summed E-state index contributed by atoms with van der Waals surface area (Å²) < 4.78 is 27.2. The zero-order chi connectivity index (χ0) is 21.2. The van der Waals surface area contributed by atoms with Crippen molar-refractivity contribution in [2.75, 3.05) is 36.0 Å². The monoisotopic (exact) mass is 420 g/mol. The number of nitro benzene ring substituents is 1.